The highest BCUT2D eigenvalue weighted by Crippen LogP contribution is 2.30. The van der Waals surface area contributed by atoms with Gasteiger partial charge in [0, 0.05) is 5.56 Å². The number of nitrogens with zero attached hydrogens (tertiary/aromatic N) is 2. The van der Waals surface area contributed by atoms with Crippen LogP contribution in [0.15, 0.2) is 21.0 Å². The molecule has 0 N–H and O–H groups in total. The second-order valence-electron chi connectivity index (χ2n) is 2.92. The first-order chi connectivity index (χ1) is 6.83. The van der Waals surface area contributed by atoms with Gasteiger partial charge in [0.2, 0.25) is 0 Å². The molecule has 0 radical (unpaired) electrons. The second-order valence-corrected chi connectivity index (χ2v) is 3.67. The molecule has 0 aromatic carbocycles. The number of hydrogen-bond acceptors (Lipinski definition) is 5. The van der Waals surface area contributed by atoms with Crippen molar-refractivity contribution in [1.29, 1.82) is 0 Å². The van der Waals surface area contributed by atoms with E-state index in [1.165, 1.54) is 0 Å². The van der Waals surface area contributed by atoms with Gasteiger partial charge in [0.05, 0.1) is 13.2 Å². The fourth-order valence-corrected chi connectivity index (χ4v) is 2.23. The lowest BCUT2D eigenvalue weighted by Crippen LogP contribution is -2.16. The van der Waals surface area contributed by atoms with Crippen molar-refractivity contribution in [3.8, 4) is 0 Å². The quantitative estimate of drug-likeness (QED) is 0.703. The maximum atomic E-state index is 11.5. The van der Waals surface area contributed by atoms with Gasteiger partial charge in [-0.15, -0.1) is 0 Å². The number of carbonyl (C=O) groups excluding carboxylic acids is 1. The number of esters is 1. The van der Waals surface area contributed by atoms with Crippen LogP contribution in [-0.2, 0) is 16.1 Å². The van der Waals surface area contributed by atoms with Gasteiger partial charge < -0.3 is 4.74 Å². The van der Waals surface area contributed by atoms with Crippen LogP contribution in [0.1, 0.15) is 24.1 Å². The molecular formula is C9H10N2O2S. The number of rotatable bonds is 2. The zero-order chi connectivity index (χ0) is 9.97. The highest BCUT2D eigenvalue weighted by molar-refractivity contribution is 7.08. The first-order valence-electron chi connectivity index (χ1n) is 4.41. The van der Waals surface area contributed by atoms with E-state index in [0.29, 0.717) is 13.2 Å². The predicted molar refractivity (Wildman–Crippen MR) is 52.3 cm³/mol. The Hall–Kier alpha value is -1.23. The number of azo groups is 1. The van der Waals surface area contributed by atoms with Gasteiger partial charge in [-0.3, -0.25) is 0 Å². The average molecular weight is 210 g/mol. The molecule has 5 heteroatoms. The maximum Gasteiger partial charge on any atom is 0.337 e. The zero-order valence-electron chi connectivity index (χ0n) is 7.77. The maximum absolute atomic E-state index is 11.5. The third-order valence-electron chi connectivity index (χ3n) is 2.02. The third kappa shape index (κ3) is 1.55. The number of carbonyl (C=O) groups is 1. The van der Waals surface area contributed by atoms with E-state index in [2.05, 4.69) is 10.2 Å². The summed E-state index contributed by atoms with van der Waals surface area (Å²) in [5, 5.41) is 11.8. The highest BCUT2D eigenvalue weighted by Gasteiger charge is 2.27. The minimum atomic E-state index is -0.537. The van der Waals surface area contributed by atoms with E-state index in [1.807, 2.05) is 10.8 Å². The molecule has 1 aromatic rings. The summed E-state index contributed by atoms with van der Waals surface area (Å²) in [4.78, 5) is 11.5. The Kier molecular flexibility index (Phi) is 2.58. The van der Waals surface area contributed by atoms with Gasteiger partial charge in [0.1, 0.15) is 0 Å². The minimum Gasteiger partial charge on any atom is -0.464 e. The van der Waals surface area contributed by atoms with Crippen LogP contribution in [0.25, 0.3) is 0 Å². The molecular weight excluding hydrogens is 200 g/mol. The Balaban J connectivity index is 2.24. The lowest BCUT2D eigenvalue weighted by Gasteiger charge is -2.13. The van der Waals surface area contributed by atoms with Crippen molar-refractivity contribution in [2.75, 3.05) is 6.61 Å². The summed E-state index contributed by atoms with van der Waals surface area (Å²) in [6.07, 6.45) is 0. The molecule has 1 aliphatic rings. The molecule has 0 saturated heterocycles. The standard InChI is InChI=1S/C9H10N2O2S/c1-2-13-9(12)8-7-5-14-4-6(7)3-10-11-8/h4-5,8H,2-3H2,1H3. The average Bonchev–Trinajstić information content (AvgIpc) is 2.65. The van der Waals surface area contributed by atoms with Crippen molar-refractivity contribution in [2.45, 2.75) is 19.5 Å². The van der Waals surface area contributed by atoms with Gasteiger partial charge in [-0.05, 0) is 23.2 Å². The van der Waals surface area contributed by atoms with Crippen LogP contribution in [0.4, 0.5) is 0 Å². The largest absolute Gasteiger partial charge is 0.464 e. The van der Waals surface area contributed by atoms with Crippen LogP contribution in [0.5, 0.6) is 0 Å². The van der Waals surface area contributed by atoms with E-state index in [1.54, 1.807) is 18.3 Å². The van der Waals surface area contributed by atoms with E-state index in [-0.39, 0.29) is 5.97 Å². The number of hydrogen-bond donors (Lipinski definition) is 0. The molecule has 1 aliphatic heterocycles. The molecule has 14 heavy (non-hydrogen) atoms. The Labute approximate surface area is 85.6 Å². The summed E-state index contributed by atoms with van der Waals surface area (Å²) in [7, 11) is 0. The summed E-state index contributed by atoms with van der Waals surface area (Å²) in [6.45, 7) is 2.74. The lowest BCUT2D eigenvalue weighted by atomic mass is 10.1. The lowest BCUT2D eigenvalue weighted by molar-refractivity contribution is -0.145. The molecule has 1 aromatic heterocycles. The Bertz CT molecular complexity index is 373. The number of fused-ring (bicyclic) bond motifs is 1. The molecule has 0 aliphatic carbocycles. The van der Waals surface area contributed by atoms with Gasteiger partial charge in [0.25, 0.3) is 0 Å². The molecule has 0 fully saturated rings. The van der Waals surface area contributed by atoms with Gasteiger partial charge in [-0.25, -0.2) is 4.79 Å². The van der Waals surface area contributed by atoms with Crippen LogP contribution in [0.3, 0.4) is 0 Å². The van der Waals surface area contributed by atoms with Crippen LogP contribution in [0, 0.1) is 0 Å². The summed E-state index contributed by atoms with van der Waals surface area (Å²) < 4.78 is 4.92. The predicted octanol–water partition coefficient (Wildman–Crippen LogP) is 2.32. The van der Waals surface area contributed by atoms with Crippen molar-refractivity contribution in [1.82, 2.24) is 0 Å². The molecule has 1 atom stereocenters. The molecule has 0 spiro atoms. The second kappa shape index (κ2) is 3.88. The first kappa shape index (κ1) is 9.33. The molecule has 2 heterocycles. The molecule has 0 amide bonds. The van der Waals surface area contributed by atoms with Crippen molar-refractivity contribution in [2.24, 2.45) is 10.2 Å². The SMILES string of the molecule is CCOC(=O)C1N=NCc2cscc21. The van der Waals surface area contributed by atoms with E-state index < -0.39 is 6.04 Å². The van der Waals surface area contributed by atoms with Crippen molar-refractivity contribution in [3.63, 3.8) is 0 Å². The highest BCUT2D eigenvalue weighted by atomic mass is 32.1. The molecule has 2 rings (SSSR count). The molecule has 0 bridgehead atoms. The van der Waals surface area contributed by atoms with Crippen LogP contribution in [0.2, 0.25) is 0 Å². The Morgan fingerprint density at radius 1 is 1.71 bits per heavy atom. The fourth-order valence-electron chi connectivity index (χ4n) is 1.36. The third-order valence-corrected chi connectivity index (χ3v) is 2.83. The van der Waals surface area contributed by atoms with Gasteiger partial charge in [0.15, 0.2) is 6.04 Å². The fraction of sp³-hybridized carbons (Fsp3) is 0.444. The molecule has 4 nitrogen and oxygen atoms in total. The Morgan fingerprint density at radius 3 is 3.36 bits per heavy atom. The van der Waals surface area contributed by atoms with Gasteiger partial charge in [-0.1, -0.05) is 0 Å². The summed E-state index contributed by atoms with van der Waals surface area (Å²) in [6, 6.07) is -0.537. The van der Waals surface area contributed by atoms with Gasteiger partial charge >= 0.3 is 5.97 Å². The van der Waals surface area contributed by atoms with Crippen LogP contribution < -0.4 is 0 Å². The topological polar surface area (TPSA) is 51.0 Å². The van der Waals surface area contributed by atoms with Crippen molar-refractivity contribution >= 4 is 17.3 Å². The number of ether oxygens (including phenoxy) is 1. The van der Waals surface area contributed by atoms with E-state index in [0.717, 1.165) is 11.1 Å². The number of thiophene rings is 1. The van der Waals surface area contributed by atoms with Crippen LogP contribution in [-0.4, -0.2) is 12.6 Å². The smallest absolute Gasteiger partial charge is 0.337 e. The van der Waals surface area contributed by atoms with Gasteiger partial charge in [-0.2, -0.15) is 21.6 Å². The van der Waals surface area contributed by atoms with Crippen molar-refractivity contribution < 1.29 is 9.53 Å². The molecule has 74 valence electrons. The normalized spacial score (nSPS) is 19.1. The van der Waals surface area contributed by atoms with Crippen molar-refractivity contribution in [3.05, 3.63) is 21.9 Å². The summed E-state index contributed by atoms with van der Waals surface area (Å²) in [5.74, 6) is -0.310. The summed E-state index contributed by atoms with van der Waals surface area (Å²) in [5.41, 5.74) is 2.03. The monoisotopic (exact) mass is 210 g/mol. The van der Waals surface area contributed by atoms with E-state index in [4.69, 9.17) is 4.74 Å². The van der Waals surface area contributed by atoms with Crippen LogP contribution >= 0.6 is 11.3 Å². The first-order valence-corrected chi connectivity index (χ1v) is 5.35. The molecule has 0 saturated carbocycles. The summed E-state index contributed by atoms with van der Waals surface area (Å²) >= 11 is 1.57. The molecule has 1 unspecified atom stereocenters. The van der Waals surface area contributed by atoms with E-state index in [9.17, 15) is 4.79 Å². The van der Waals surface area contributed by atoms with E-state index >= 15 is 0 Å². The Morgan fingerprint density at radius 2 is 2.57 bits per heavy atom. The minimum absolute atomic E-state index is 0.310. The zero-order valence-corrected chi connectivity index (χ0v) is 8.58.